The van der Waals surface area contributed by atoms with Gasteiger partial charge in [-0.3, -0.25) is 14.9 Å². The number of thioether (sulfide) groups is 1. The van der Waals surface area contributed by atoms with E-state index in [1.165, 1.54) is 23.9 Å². The highest BCUT2D eigenvalue weighted by Gasteiger charge is 2.27. The summed E-state index contributed by atoms with van der Waals surface area (Å²) in [4.78, 5) is 35.1. The van der Waals surface area contributed by atoms with Crippen LogP contribution in [-0.4, -0.2) is 57.5 Å². The third-order valence-corrected chi connectivity index (χ3v) is 5.31. The molecule has 3 amide bonds. The van der Waals surface area contributed by atoms with Crippen molar-refractivity contribution in [3.05, 3.63) is 30.3 Å². The maximum Gasteiger partial charge on any atom is 0.324 e. The van der Waals surface area contributed by atoms with Gasteiger partial charge in [0.05, 0.1) is 4.90 Å². The van der Waals surface area contributed by atoms with Crippen molar-refractivity contribution in [2.45, 2.75) is 24.3 Å². The molecule has 0 aliphatic carbocycles. The first-order valence-electron chi connectivity index (χ1n) is 8.10. The van der Waals surface area contributed by atoms with Crippen LogP contribution in [0.4, 0.5) is 4.79 Å². The largest absolute Gasteiger partial charge is 0.454 e. The number of amides is 3. The van der Waals surface area contributed by atoms with Gasteiger partial charge in [-0.2, -0.15) is 16.5 Å². The summed E-state index contributed by atoms with van der Waals surface area (Å²) in [6.45, 7) is 1.31. The summed E-state index contributed by atoms with van der Waals surface area (Å²) in [5, 5.41) is 4.34. The van der Waals surface area contributed by atoms with Crippen LogP contribution in [0.3, 0.4) is 0 Å². The van der Waals surface area contributed by atoms with Gasteiger partial charge in [-0.15, -0.1) is 0 Å². The summed E-state index contributed by atoms with van der Waals surface area (Å²) in [6.07, 6.45) is 2.00. The van der Waals surface area contributed by atoms with Crippen LogP contribution < -0.4 is 15.4 Å². The minimum atomic E-state index is -3.92. The zero-order valence-electron chi connectivity index (χ0n) is 15.1. The van der Waals surface area contributed by atoms with Crippen molar-refractivity contribution in [2.24, 2.45) is 0 Å². The van der Waals surface area contributed by atoms with E-state index >= 15 is 0 Å². The van der Waals surface area contributed by atoms with E-state index in [0.717, 1.165) is 0 Å². The molecule has 0 radical (unpaired) electrons. The molecule has 1 rings (SSSR count). The number of sulfonamides is 1. The number of hydrogen-bond donors (Lipinski definition) is 3. The van der Waals surface area contributed by atoms with Gasteiger partial charge in [0.15, 0.2) is 6.61 Å². The van der Waals surface area contributed by atoms with Crippen molar-refractivity contribution in [1.29, 1.82) is 0 Å². The average Bonchev–Trinajstić information content (AvgIpc) is 2.64. The van der Waals surface area contributed by atoms with Crippen molar-refractivity contribution in [3.8, 4) is 0 Å². The fourth-order valence-corrected chi connectivity index (χ4v) is 3.63. The molecule has 3 N–H and O–H groups in total. The summed E-state index contributed by atoms with van der Waals surface area (Å²) in [5.41, 5.74) is 0. The molecular weight excluding hydrogens is 394 g/mol. The van der Waals surface area contributed by atoms with Gasteiger partial charge in [-0.1, -0.05) is 18.2 Å². The van der Waals surface area contributed by atoms with E-state index in [1.54, 1.807) is 25.1 Å². The Bertz CT molecular complexity index is 740. The number of carbonyl (C=O) groups excluding carboxylic acids is 3. The zero-order valence-corrected chi connectivity index (χ0v) is 16.7. The standard InChI is InChI=1S/C16H23N3O6S2/c1-3-17-16(22)18-14(20)11-25-15(21)13(9-10-26-2)19-27(23,24)12-7-5-4-6-8-12/h4-8,13,19H,3,9-11H2,1-2H3,(H2,17,18,20,22). The van der Waals surface area contributed by atoms with Crippen LogP contribution in [0.25, 0.3) is 0 Å². The minimum absolute atomic E-state index is 0.0148. The van der Waals surface area contributed by atoms with Crippen LogP contribution in [0.5, 0.6) is 0 Å². The van der Waals surface area contributed by atoms with Crippen LogP contribution in [0.15, 0.2) is 35.2 Å². The molecule has 0 saturated heterocycles. The number of benzene rings is 1. The van der Waals surface area contributed by atoms with Crippen molar-refractivity contribution in [1.82, 2.24) is 15.4 Å². The van der Waals surface area contributed by atoms with E-state index in [9.17, 15) is 22.8 Å². The van der Waals surface area contributed by atoms with E-state index < -0.39 is 40.6 Å². The Balaban J connectivity index is 2.71. The maximum absolute atomic E-state index is 12.4. The fraction of sp³-hybridized carbons (Fsp3) is 0.438. The number of nitrogens with one attached hydrogen (secondary N) is 3. The van der Waals surface area contributed by atoms with E-state index in [2.05, 4.69) is 10.0 Å². The highest BCUT2D eigenvalue weighted by atomic mass is 32.2. The van der Waals surface area contributed by atoms with Crippen LogP contribution in [0.2, 0.25) is 0 Å². The second-order valence-electron chi connectivity index (χ2n) is 5.28. The van der Waals surface area contributed by atoms with Gasteiger partial charge < -0.3 is 10.1 Å². The number of ether oxygens (including phenoxy) is 1. The van der Waals surface area contributed by atoms with Gasteiger partial charge in [0.2, 0.25) is 10.0 Å². The van der Waals surface area contributed by atoms with Gasteiger partial charge in [-0.05, 0) is 37.5 Å². The predicted octanol–water partition coefficient (Wildman–Crippen LogP) is 0.476. The molecule has 0 spiro atoms. The van der Waals surface area contributed by atoms with E-state index in [4.69, 9.17) is 4.74 Å². The molecule has 0 fully saturated rings. The summed E-state index contributed by atoms with van der Waals surface area (Å²) in [7, 11) is -3.92. The zero-order chi connectivity index (χ0) is 20.3. The molecule has 27 heavy (non-hydrogen) atoms. The number of hydrogen-bond acceptors (Lipinski definition) is 7. The SMILES string of the molecule is CCNC(=O)NC(=O)COC(=O)C(CCSC)NS(=O)(=O)c1ccccc1. The van der Waals surface area contributed by atoms with Crippen LogP contribution in [0.1, 0.15) is 13.3 Å². The molecule has 0 bridgehead atoms. The van der Waals surface area contributed by atoms with Crippen molar-refractivity contribution >= 4 is 39.7 Å². The Labute approximate surface area is 162 Å². The van der Waals surface area contributed by atoms with Crippen LogP contribution in [-0.2, 0) is 24.3 Å². The molecule has 0 heterocycles. The lowest BCUT2D eigenvalue weighted by molar-refractivity contribution is -0.150. The monoisotopic (exact) mass is 417 g/mol. The molecule has 1 unspecified atom stereocenters. The second-order valence-corrected chi connectivity index (χ2v) is 7.98. The van der Waals surface area contributed by atoms with Crippen LogP contribution in [0, 0.1) is 0 Å². The van der Waals surface area contributed by atoms with E-state index in [1.807, 2.05) is 11.6 Å². The number of imide groups is 1. The quantitative estimate of drug-likeness (QED) is 0.472. The summed E-state index contributed by atoms with van der Waals surface area (Å²) in [6, 6.07) is 5.75. The first kappa shape index (κ1) is 22.9. The number of esters is 1. The lowest BCUT2D eigenvalue weighted by Gasteiger charge is -2.17. The molecule has 1 aromatic carbocycles. The lowest BCUT2D eigenvalue weighted by Crippen LogP contribution is -2.45. The predicted molar refractivity (Wildman–Crippen MR) is 102 cm³/mol. The molecule has 11 heteroatoms. The third kappa shape index (κ3) is 8.41. The molecule has 150 valence electrons. The highest BCUT2D eigenvalue weighted by molar-refractivity contribution is 7.98. The van der Waals surface area contributed by atoms with Crippen molar-refractivity contribution in [3.63, 3.8) is 0 Å². The molecule has 0 saturated carbocycles. The van der Waals surface area contributed by atoms with Gasteiger partial charge in [0.25, 0.3) is 5.91 Å². The summed E-state index contributed by atoms with van der Waals surface area (Å²) >= 11 is 1.43. The molecule has 1 aromatic rings. The Morgan fingerprint density at radius 1 is 1.19 bits per heavy atom. The first-order valence-corrected chi connectivity index (χ1v) is 11.0. The fourth-order valence-electron chi connectivity index (χ4n) is 1.92. The number of rotatable bonds is 10. The topological polar surface area (TPSA) is 131 Å². The Morgan fingerprint density at radius 3 is 2.44 bits per heavy atom. The average molecular weight is 418 g/mol. The smallest absolute Gasteiger partial charge is 0.324 e. The van der Waals surface area contributed by atoms with Gasteiger partial charge >= 0.3 is 12.0 Å². The normalized spacial score (nSPS) is 12.1. The number of carbonyl (C=O) groups is 3. The third-order valence-electron chi connectivity index (χ3n) is 3.18. The van der Waals surface area contributed by atoms with E-state index in [0.29, 0.717) is 12.3 Å². The lowest BCUT2D eigenvalue weighted by atomic mass is 10.2. The van der Waals surface area contributed by atoms with Crippen LogP contribution >= 0.6 is 11.8 Å². The van der Waals surface area contributed by atoms with E-state index in [-0.39, 0.29) is 11.3 Å². The van der Waals surface area contributed by atoms with Gasteiger partial charge in [0, 0.05) is 6.54 Å². The highest BCUT2D eigenvalue weighted by Crippen LogP contribution is 2.11. The molecule has 0 aliphatic rings. The first-order chi connectivity index (χ1) is 12.8. The summed E-state index contributed by atoms with van der Waals surface area (Å²) < 4.78 is 32.0. The second kappa shape index (κ2) is 11.6. The van der Waals surface area contributed by atoms with Gasteiger partial charge in [0.1, 0.15) is 6.04 Å². The van der Waals surface area contributed by atoms with Crippen molar-refractivity contribution < 1.29 is 27.5 Å². The van der Waals surface area contributed by atoms with Crippen molar-refractivity contribution in [2.75, 3.05) is 25.2 Å². The molecule has 0 aliphatic heterocycles. The maximum atomic E-state index is 12.4. The Morgan fingerprint density at radius 2 is 1.85 bits per heavy atom. The molecule has 1 atom stereocenters. The summed E-state index contributed by atoms with van der Waals surface area (Å²) in [5.74, 6) is -1.21. The Hall–Kier alpha value is -2.11. The van der Waals surface area contributed by atoms with Gasteiger partial charge in [-0.25, -0.2) is 13.2 Å². The molecule has 0 aromatic heterocycles. The Kier molecular flexibility index (Phi) is 9.83. The molecular formula is C16H23N3O6S2. The number of urea groups is 1. The molecule has 9 nitrogen and oxygen atoms in total. The minimum Gasteiger partial charge on any atom is -0.454 e.